The quantitative estimate of drug-likeness (QED) is 0.829. The van der Waals surface area contributed by atoms with Gasteiger partial charge in [-0.1, -0.05) is 31.0 Å². The number of para-hydroxylation sites is 1. The van der Waals surface area contributed by atoms with Crippen LogP contribution in [0, 0.1) is 5.92 Å². The van der Waals surface area contributed by atoms with Gasteiger partial charge in [-0.3, -0.25) is 4.79 Å². The van der Waals surface area contributed by atoms with Gasteiger partial charge in [0.25, 0.3) is 0 Å². The Bertz CT molecular complexity index is 440. The first-order valence-corrected chi connectivity index (χ1v) is 6.84. The number of ether oxygens (including phenoxy) is 1. The van der Waals surface area contributed by atoms with Gasteiger partial charge in [0.15, 0.2) is 0 Å². The van der Waals surface area contributed by atoms with Crippen molar-refractivity contribution in [2.24, 2.45) is 5.92 Å². The Kier molecular flexibility index (Phi) is 3.22. The number of carbonyl (C=O) groups is 1. The molecule has 96 valence electrons. The number of anilines is 1. The lowest BCUT2D eigenvalue weighted by molar-refractivity contribution is -0.145. The maximum atomic E-state index is 12.1. The molecule has 1 unspecified atom stereocenters. The molecule has 1 atom stereocenters. The summed E-state index contributed by atoms with van der Waals surface area (Å²) in [5.74, 6) is 0.685. The van der Waals surface area contributed by atoms with Gasteiger partial charge >= 0.3 is 5.97 Å². The summed E-state index contributed by atoms with van der Waals surface area (Å²) in [4.78, 5) is 12.1. The number of rotatable bonds is 4. The molecule has 0 spiro atoms. The molecule has 2 aliphatic rings. The minimum absolute atomic E-state index is 0.0513. The van der Waals surface area contributed by atoms with Gasteiger partial charge in [-0.2, -0.15) is 0 Å². The number of hydrogen-bond acceptors (Lipinski definition) is 3. The lowest BCUT2D eigenvalue weighted by Gasteiger charge is -2.25. The van der Waals surface area contributed by atoms with Crippen molar-refractivity contribution in [1.82, 2.24) is 0 Å². The average Bonchev–Trinajstić information content (AvgIpc) is 3.22. The lowest BCUT2D eigenvalue weighted by atomic mass is 9.91. The summed E-state index contributed by atoms with van der Waals surface area (Å²) in [6.45, 7) is 1.44. The highest BCUT2D eigenvalue weighted by atomic mass is 16.5. The highest BCUT2D eigenvalue weighted by molar-refractivity contribution is 5.81. The number of carbonyl (C=O) groups excluding carboxylic acids is 1. The van der Waals surface area contributed by atoms with Crippen molar-refractivity contribution >= 4 is 11.7 Å². The van der Waals surface area contributed by atoms with Gasteiger partial charge in [-0.05, 0) is 30.4 Å². The fourth-order valence-corrected chi connectivity index (χ4v) is 2.55. The third-order valence-corrected chi connectivity index (χ3v) is 3.84. The summed E-state index contributed by atoms with van der Waals surface area (Å²) in [5.41, 5.74) is 2.16. The van der Waals surface area contributed by atoms with E-state index in [0.29, 0.717) is 6.61 Å². The van der Waals surface area contributed by atoms with Crippen LogP contribution >= 0.6 is 0 Å². The summed E-state index contributed by atoms with van der Waals surface area (Å²) in [6.07, 6.45) is 4.50. The second kappa shape index (κ2) is 5.01. The number of nitrogens with one attached hydrogen (secondary N) is 1. The van der Waals surface area contributed by atoms with Gasteiger partial charge in [0, 0.05) is 12.2 Å². The molecule has 0 aromatic heterocycles. The van der Waals surface area contributed by atoms with E-state index in [0.717, 1.165) is 36.6 Å². The molecule has 1 heterocycles. The van der Waals surface area contributed by atoms with Gasteiger partial charge < -0.3 is 10.1 Å². The van der Waals surface area contributed by atoms with Crippen LogP contribution in [0.25, 0.3) is 0 Å². The van der Waals surface area contributed by atoms with E-state index >= 15 is 0 Å². The average molecular weight is 245 g/mol. The first kappa shape index (κ1) is 11.6. The number of esters is 1. The monoisotopic (exact) mass is 245 g/mol. The van der Waals surface area contributed by atoms with Gasteiger partial charge in [0.05, 0.1) is 12.5 Å². The van der Waals surface area contributed by atoms with Crippen molar-refractivity contribution in [1.29, 1.82) is 0 Å². The summed E-state index contributed by atoms with van der Waals surface area (Å²) < 4.78 is 5.42. The minimum atomic E-state index is -0.0818. The third-order valence-electron chi connectivity index (χ3n) is 3.84. The molecule has 1 aliphatic carbocycles. The molecule has 1 aromatic rings. The van der Waals surface area contributed by atoms with Gasteiger partial charge in [0.2, 0.25) is 0 Å². The summed E-state index contributed by atoms with van der Waals surface area (Å²) in [7, 11) is 0. The molecule has 0 amide bonds. The lowest BCUT2D eigenvalue weighted by Crippen LogP contribution is -2.24. The van der Waals surface area contributed by atoms with Crippen molar-refractivity contribution in [3.8, 4) is 0 Å². The van der Waals surface area contributed by atoms with Crippen LogP contribution in [0.15, 0.2) is 24.3 Å². The van der Waals surface area contributed by atoms with Crippen LogP contribution in [-0.2, 0) is 9.53 Å². The van der Waals surface area contributed by atoms with E-state index in [2.05, 4.69) is 5.32 Å². The van der Waals surface area contributed by atoms with E-state index in [1.54, 1.807) is 0 Å². The van der Waals surface area contributed by atoms with E-state index in [1.165, 1.54) is 12.8 Å². The molecule has 0 bridgehead atoms. The Hall–Kier alpha value is -1.51. The normalized spacial score (nSPS) is 21.9. The Labute approximate surface area is 108 Å². The van der Waals surface area contributed by atoms with Crippen LogP contribution < -0.4 is 5.32 Å². The largest absolute Gasteiger partial charge is 0.465 e. The van der Waals surface area contributed by atoms with E-state index in [4.69, 9.17) is 4.74 Å². The first-order chi connectivity index (χ1) is 8.84. The maximum absolute atomic E-state index is 12.1. The fourth-order valence-electron chi connectivity index (χ4n) is 2.55. The summed E-state index contributed by atoms with van der Waals surface area (Å²) in [6, 6.07) is 8.02. The predicted octanol–water partition coefficient (Wildman–Crippen LogP) is 2.93. The smallest absolute Gasteiger partial charge is 0.313 e. The highest BCUT2D eigenvalue weighted by Gasteiger charge is 2.28. The molecule has 3 nitrogen and oxygen atoms in total. The first-order valence-electron chi connectivity index (χ1n) is 6.84. The zero-order valence-corrected chi connectivity index (χ0v) is 10.5. The summed E-state index contributed by atoms with van der Waals surface area (Å²) in [5, 5.41) is 3.32. The predicted molar refractivity (Wildman–Crippen MR) is 70.6 cm³/mol. The molecule has 3 rings (SSSR count). The molecule has 3 heteroatoms. The SMILES string of the molecule is O=C(OCCC1CC1)C1CCNc2ccccc21. The molecular formula is C15H19NO2. The number of fused-ring (bicyclic) bond motifs is 1. The van der Waals surface area contributed by atoms with Crippen LogP contribution in [0.3, 0.4) is 0 Å². The van der Waals surface area contributed by atoms with Crippen molar-refractivity contribution < 1.29 is 9.53 Å². The standard InChI is InChI=1S/C15H19NO2/c17-15(18-10-8-11-5-6-11)13-7-9-16-14-4-2-1-3-12(13)14/h1-4,11,13,16H,5-10H2. The van der Waals surface area contributed by atoms with Crippen LogP contribution in [0.5, 0.6) is 0 Å². The number of benzene rings is 1. The van der Waals surface area contributed by atoms with E-state index < -0.39 is 0 Å². The molecule has 1 aromatic carbocycles. The van der Waals surface area contributed by atoms with Crippen LogP contribution in [-0.4, -0.2) is 19.1 Å². The van der Waals surface area contributed by atoms with E-state index in [1.807, 2.05) is 24.3 Å². The van der Waals surface area contributed by atoms with Crippen molar-refractivity contribution in [3.05, 3.63) is 29.8 Å². The molecule has 1 saturated carbocycles. The molecular weight excluding hydrogens is 226 g/mol. The highest BCUT2D eigenvalue weighted by Crippen LogP contribution is 2.34. The van der Waals surface area contributed by atoms with Crippen molar-refractivity contribution in [2.75, 3.05) is 18.5 Å². The Morgan fingerprint density at radius 1 is 1.28 bits per heavy atom. The van der Waals surface area contributed by atoms with Gasteiger partial charge in [-0.15, -0.1) is 0 Å². The van der Waals surface area contributed by atoms with E-state index in [-0.39, 0.29) is 11.9 Å². The van der Waals surface area contributed by atoms with Crippen molar-refractivity contribution in [2.45, 2.75) is 31.6 Å². The molecule has 1 fully saturated rings. The summed E-state index contributed by atoms with van der Waals surface area (Å²) >= 11 is 0. The van der Waals surface area contributed by atoms with Crippen LogP contribution in [0.2, 0.25) is 0 Å². The zero-order chi connectivity index (χ0) is 12.4. The van der Waals surface area contributed by atoms with E-state index in [9.17, 15) is 4.79 Å². The third kappa shape index (κ3) is 2.50. The maximum Gasteiger partial charge on any atom is 0.313 e. The van der Waals surface area contributed by atoms with Crippen LogP contribution in [0.1, 0.15) is 37.2 Å². The Morgan fingerprint density at radius 2 is 2.11 bits per heavy atom. The fraction of sp³-hybridized carbons (Fsp3) is 0.533. The zero-order valence-electron chi connectivity index (χ0n) is 10.5. The minimum Gasteiger partial charge on any atom is -0.465 e. The molecule has 1 N–H and O–H groups in total. The van der Waals surface area contributed by atoms with Crippen molar-refractivity contribution in [3.63, 3.8) is 0 Å². The number of hydrogen-bond donors (Lipinski definition) is 1. The van der Waals surface area contributed by atoms with Crippen LogP contribution in [0.4, 0.5) is 5.69 Å². The Morgan fingerprint density at radius 3 is 2.94 bits per heavy atom. The van der Waals surface area contributed by atoms with Gasteiger partial charge in [0.1, 0.15) is 0 Å². The second-order valence-electron chi connectivity index (χ2n) is 5.25. The van der Waals surface area contributed by atoms with Gasteiger partial charge in [-0.25, -0.2) is 0 Å². The molecule has 18 heavy (non-hydrogen) atoms. The molecule has 1 aliphatic heterocycles. The molecule has 0 radical (unpaired) electrons. The Balaban J connectivity index is 1.62. The topological polar surface area (TPSA) is 38.3 Å². The molecule has 0 saturated heterocycles. The second-order valence-corrected chi connectivity index (χ2v) is 5.25.